The fourth-order valence-corrected chi connectivity index (χ4v) is 4.24. The number of carbonyl (C=O) groups excluding carboxylic acids is 3. The van der Waals surface area contributed by atoms with Gasteiger partial charge in [0.05, 0.1) is 11.8 Å². The molecule has 31 heavy (non-hydrogen) atoms. The summed E-state index contributed by atoms with van der Waals surface area (Å²) in [6.07, 6.45) is 2.08. The maximum absolute atomic E-state index is 13.0. The van der Waals surface area contributed by atoms with Gasteiger partial charge in [-0.15, -0.1) is 11.3 Å². The van der Waals surface area contributed by atoms with Gasteiger partial charge in [-0.25, -0.2) is 4.79 Å². The van der Waals surface area contributed by atoms with Gasteiger partial charge < -0.3 is 15.4 Å². The number of ether oxygens (including phenoxy) is 1. The average molecular weight is 463 g/mol. The minimum Gasteiger partial charge on any atom is -0.445 e. The second kappa shape index (κ2) is 13.2. The third kappa shape index (κ3) is 9.14. The maximum Gasteiger partial charge on any atom is 0.408 e. The first kappa shape index (κ1) is 24.9. The summed E-state index contributed by atoms with van der Waals surface area (Å²) in [6.45, 7) is 4.06. The van der Waals surface area contributed by atoms with Crippen LogP contribution in [0.15, 0.2) is 47.8 Å². The number of ketones is 1. The van der Waals surface area contributed by atoms with Gasteiger partial charge in [0.15, 0.2) is 5.78 Å². The molecule has 0 saturated heterocycles. The van der Waals surface area contributed by atoms with Crippen LogP contribution in [0.1, 0.15) is 30.7 Å². The Kier molecular flexibility index (Phi) is 10.6. The number of thioether (sulfide) groups is 1. The van der Waals surface area contributed by atoms with Gasteiger partial charge in [-0.05, 0) is 35.6 Å². The zero-order valence-corrected chi connectivity index (χ0v) is 19.8. The Morgan fingerprint density at radius 2 is 1.77 bits per heavy atom. The lowest BCUT2D eigenvalue weighted by molar-refractivity contribution is -0.128. The Morgan fingerprint density at radius 1 is 1.03 bits per heavy atom. The molecule has 2 amide bonds. The van der Waals surface area contributed by atoms with Crippen LogP contribution in [0.4, 0.5) is 4.79 Å². The largest absolute Gasteiger partial charge is 0.445 e. The first-order chi connectivity index (χ1) is 14.9. The molecular formula is C23H30N2O4S2. The lowest BCUT2D eigenvalue weighted by atomic mass is 10.0. The van der Waals surface area contributed by atoms with Crippen LogP contribution in [0.5, 0.6) is 0 Å². The predicted octanol–water partition coefficient (Wildman–Crippen LogP) is 4.05. The van der Waals surface area contributed by atoms with E-state index in [4.69, 9.17) is 4.74 Å². The van der Waals surface area contributed by atoms with Gasteiger partial charge in [-0.3, -0.25) is 9.59 Å². The first-order valence-corrected chi connectivity index (χ1v) is 12.5. The van der Waals surface area contributed by atoms with Crippen molar-refractivity contribution in [1.29, 1.82) is 0 Å². The second-order valence-corrected chi connectivity index (χ2v) is 9.53. The van der Waals surface area contributed by atoms with Crippen LogP contribution >= 0.6 is 23.1 Å². The van der Waals surface area contributed by atoms with Crippen LogP contribution in [-0.2, 0) is 27.4 Å². The van der Waals surface area contributed by atoms with Gasteiger partial charge in [0.2, 0.25) is 5.91 Å². The van der Waals surface area contributed by atoms with E-state index in [1.54, 1.807) is 11.3 Å². The highest BCUT2D eigenvalue weighted by atomic mass is 32.2. The van der Waals surface area contributed by atoms with Gasteiger partial charge in [0, 0.05) is 11.3 Å². The van der Waals surface area contributed by atoms with Crippen LogP contribution in [-0.4, -0.2) is 41.9 Å². The Labute approximate surface area is 192 Å². The van der Waals surface area contributed by atoms with Crippen LogP contribution in [0.3, 0.4) is 0 Å². The Bertz CT molecular complexity index is 825. The third-order valence-electron chi connectivity index (χ3n) is 4.51. The standard InChI is InChI=1S/C23H30N2O4S2/c1-16(2)12-20(25-23(28)29-14-17-8-5-4-6-9-17)22(27)24-19(21(26)15-30-3)13-18-10-7-11-31-18/h4-11,16,19-20H,12-15H2,1-3H3,(H,24,27)(H,25,28)/t19-,20-/m0/s1. The predicted molar refractivity (Wildman–Crippen MR) is 126 cm³/mol. The summed E-state index contributed by atoms with van der Waals surface area (Å²) < 4.78 is 5.27. The molecule has 8 heteroatoms. The first-order valence-electron chi connectivity index (χ1n) is 10.2. The van der Waals surface area contributed by atoms with E-state index in [0.717, 1.165) is 10.4 Å². The molecule has 168 valence electrons. The van der Waals surface area contributed by atoms with E-state index in [9.17, 15) is 14.4 Å². The highest BCUT2D eigenvalue weighted by Gasteiger charge is 2.28. The molecule has 0 fully saturated rings. The Morgan fingerprint density at radius 3 is 2.39 bits per heavy atom. The van der Waals surface area contributed by atoms with Gasteiger partial charge in [-0.2, -0.15) is 11.8 Å². The molecule has 0 aliphatic carbocycles. The van der Waals surface area contributed by atoms with Crippen LogP contribution in [0.2, 0.25) is 0 Å². The monoisotopic (exact) mass is 462 g/mol. The summed E-state index contributed by atoms with van der Waals surface area (Å²) >= 11 is 2.97. The zero-order valence-electron chi connectivity index (χ0n) is 18.1. The number of Topliss-reactive ketones (excluding diaryl/α,β-unsaturated/α-hetero) is 1. The summed E-state index contributed by atoms with van der Waals surface area (Å²) in [5.74, 6) is 0.0749. The second-order valence-electron chi connectivity index (χ2n) is 7.63. The molecule has 2 atom stereocenters. The summed E-state index contributed by atoms with van der Waals surface area (Å²) in [4.78, 5) is 38.9. The van der Waals surface area contributed by atoms with Crippen molar-refractivity contribution in [3.05, 3.63) is 58.3 Å². The summed E-state index contributed by atoms with van der Waals surface area (Å²) in [6, 6.07) is 11.8. The minimum absolute atomic E-state index is 0.0378. The molecule has 0 radical (unpaired) electrons. The van der Waals surface area contributed by atoms with Gasteiger partial charge >= 0.3 is 6.09 Å². The molecule has 1 aromatic heterocycles. The van der Waals surface area contributed by atoms with Crippen LogP contribution in [0.25, 0.3) is 0 Å². The molecule has 0 spiro atoms. The van der Waals surface area contributed by atoms with Gasteiger partial charge in [0.25, 0.3) is 0 Å². The van der Waals surface area contributed by atoms with E-state index in [2.05, 4.69) is 10.6 Å². The zero-order chi connectivity index (χ0) is 22.6. The molecule has 2 N–H and O–H groups in total. The summed E-state index contributed by atoms with van der Waals surface area (Å²) in [5.41, 5.74) is 0.862. The van der Waals surface area contributed by atoms with Crippen molar-refractivity contribution >= 4 is 40.9 Å². The maximum atomic E-state index is 13.0. The van der Waals surface area contributed by atoms with Gasteiger partial charge in [0.1, 0.15) is 12.6 Å². The smallest absolute Gasteiger partial charge is 0.408 e. The minimum atomic E-state index is -0.781. The van der Waals surface area contributed by atoms with E-state index in [1.165, 1.54) is 11.8 Å². The Balaban J connectivity index is 2.01. The quantitative estimate of drug-likeness (QED) is 0.497. The molecule has 0 saturated carbocycles. The summed E-state index contributed by atoms with van der Waals surface area (Å²) in [5, 5.41) is 7.47. The normalized spacial score (nSPS) is 12.8. The van der Waals surface area contributed by atoms with E-state index in [-0.39, 0.29) is 24.2 Å². The van der Waals surface area contributed by atoms with E-state index in [0.29, 0.717) is 18.6 Å². The van der Waals surface area contributed by atoms with E-state index in [1.807, 2.05) is 67.9 Å². The molecule has 2 rings (SSSR count). The number of nitrogens with one attached hydrogen (secondary N) is 2. The van der Waals surface area contributed by atoms with Crippen molar-refractivity contribution in [2.24, 2.45) is 5.92 Å². The highest BCUT2D eigenvalue weighted by molar-refractivity contribution is 7.99. The average Bonchev–Trinajstić information content (AvgIpc) is 3.25. The van der Waals surface area contributed by atoms with Crippen molar-refractivity contribution in [1.82, 2.24) is 10.6 Å². The SMILES string of the molecule is CSCC(=O)[C@H](Cc1cccs1)NC(=O)[C@H](CC(C)C)NC(=O)OCc1ccccc1. The number of alkyl carbamates (subject to hydrolysis) is 1. The van der Waals surface area contributed by atoms with Crippen molar-refractivity contribution in [2.45, 2.75) is 45.4 Å². The number of rotatable bonds is 12. The summed E-state index contributed by atoms with van der Waals surface area (Å²) in [7, 11) is 0. The van der Waals surface area contributed by atoms with Crippen molar-refractivity contribution in [3.63, 3.8) is 0 Å². The fourth-order valence-electron chi connectivity index (χ4n) is 3.00. The highest BCUT2D eigenvalue weighted by Crippen LogP contribution is 2.14. The molecule has 6 nitrogen and oxygen atoms in total. The number of amides is 2. The molecule has 0 unspecified atom stereocenters. The molecule has 2 aromatic rings. The lowest BCUT2D eigenvalue weighted by Gasteiger charge is -2.23. The topological polar surface area (TPSA) is 84.5 Å². The van der Waals surface area contributed by atoms with Crippen molar-refractivity contribution in [3.8, 4) is 0 Å². The number of hydrogen-bond acceptors (Lipinski definition) is 6. The Hall–Kier alpha value is -2.32. The van der Waals surface area contributed by atoms with E-state index < -0.39 is 18.2 Å². The number of benzene rings is 1. The number of carbonyl (C=O) groups is 3. The molecule has 0 bridgehead atoms. The van der Waals surface area contributed by atoms with Gasteiger partial charge in [-0.1, -0.05) is 50.2 Å². The molecule has 1 heterocycles. The molecule has 0 aliphatic heterocycles. The van der Waals surface area contributed by atoms with Crippen molar-refractivity contribution in [2.75, 3.05) is 12.0 Å². The van der Waals surface area contributed by atoms with Crippen molar-refractivity contribution < 1.29 is 19.1 Å². The van der Waals surface area contributed by atoms with Crippen LogP contribution in [0, 0.1) is 5.92 Å². The fraction of sp³-hybridized carbons (Fsp3) is 0.435. The molecular weight excluding hydrogens is 432 g/mol. The third-order valence-corrected chi connectivity index (χ3v) is 5.98. The number of thiophene rings is 1. The molecule has 0 aliphatic rings. The lowest BCUT2D eigenvalue weighted by Crippen LogP contribution is -2.53. The van der Waals surface area contributed by atoms with Crippen LogP contribution < -0.4 is 10.6 Å². The molecule has 1 aromatic carbocycles. The number of hydrogen-bond donors (Lipinski definition) is 2. The van der Waals surface area contributed by atoms with E-state index >= 15 is 0 Å².